The van der Waals surface area contributed by atoms with E-state index in [1.54, 1.807) is 6.19 Å². The zero-order chi connectivity index (χ0) is 6.41. The van der Waals surface area contributed by atoms with Crippen molar-refractivity contribution in [2.24, 2.45) is 4.99 Å². The van der Waals surface area contributed by atoms with Gasteiger partial charge >= 0.3 is 29.6 Å². The van der Waals surface area contributed by atoms with E-state index >= 15 is 0 Å². The topological polar surface area (TPSA) is 48.2 Å². The molecular formula is C4H6N3NaS. The third-order valence-corrected chi connectivity index (χ3v) is 0.696. The molecule has 1 N–H and O–H groups in total. The molecular weight excluding hydrogens is 145 g/mol. The molecule has 0 fully saturated rings. The van der Waals surface area contributed by atoms with Gasteiger partial charge in [0.2, 0.25) is 0 Å². The first kappa shape index (κ1) is 11.9. The second kappa shape index (κ2) is 8.18. The van der Waals surface area contributed by atoms with Gasteiger partial charge in [-0.3, -0.25) is 4.99 Å². The van der Waals surface area contributed by atoms with E-state index in [1.165, 1.54) is 0 Å². The normalized spacial score (nSPS) is 9.11. The van der Waals surface area contributed by atoms with Crippen LogP contribution in [0, 0.1) is 11.5 Å². The smallest absolute Gasteiger partial charge is 0.742 e. The summed E-state index contributed by atoms with van der Waals surface area (Å²) in [5.74, 6) is 0. The Morgan fingerprint density at radius 1 is 1.89 bits per heavy atom. The third kappa shape index (κ3) is 8.18. The van der Waals surface area contributed by atoms with Crippen molar-refractivity contribution >= 4 is 17.8 Å². The van der Waals surface area contributed by atoms with E-state index in [4.69, 9.17) is 5.26 Å². The minimum Gasteiger partial charge on any atom is -0.742 e. The summed E-state index contributed by atoms with van der Waals surface area (Å²) in [7, 11) is 0. The first-order valence-corrected chi connectivity index (χ1v) is 2.58. The molecule has 0 saturated heterocycles. The van der Waals surface area contributed by atoms with E-state index in [-0.39, 0.29) is 34.7 Å². The van der Waals surface area contributed by atoms with E-state index in [0.29, 0.717) is 6.54 Å². The van der Waals surface area contributed by atoms with Crippen LogP contribution in [0.4, 0.5) is 0 Å². The SMILES string of the molecule is CCN=C([S-])NC#N.[Na+]. The van der Waals surface area contributed by atoms with Crippen molar-refractivity contribution in [3.8, 4) is 6.19 Å². The third-order valence-electron chi connectivity index (χ3n) is 0.465. The van der Waals surface area contributed by atoms with Crippen molar-refractivity contribution in [3.05, 3.63) is 0 Å². The Hall–Kier alpha value is 0.180. The van der Waals surface area contributed by atoms with Gasteiger partial charge in [0.15, 0.2) is 6.19 Å². The van der Waals surface area contributed by atoms with Gasteiger partial charge in [0.25, 0.3) is 0 Å². The largest absolute Gasteiger partial charge is 1.00 e. The van der Waals surface area contributed by atoms with Crippen LogP contribution in [-0.2, 0) is 12.6 Å². The Balaban J connectivity index is 0. The van der Waals surface area contributed by atoms with Crippen LogP contribution >= 0.6 is 0 Å². The molecule has 0 aromatic heterocycles. The molecule has 0 aromatic carbocycles. The standard InChI is InChI=1S/C4H7N3S.Na/c1-2-6-4(8)7-3-5;/h2H2,1H3,(H2,6,7,8);/q;+1/p-1. The monoisotopic (exact) mass is 151 g/mol. The molecule has 0 saturated carbocycles. The molecule has 0 aliphatic rings. The van der Waals surface area contributed by atoms with Crippen molar-refractivity contribution in [1.29, 1.82) is 5.26 Å². The molecule has 0 atom stereocenters. The number of rotatable bonds is 1. The Bertz CT molecular complexity index is 128. The summed E-state index contributed by atoms with van der Waals surface area (Å²) in [5, 5.41) is 10.4. The van der Waals surface area contributed by atoms with Crippen LogP contribution in [0.3, 0.4) is 0 Å². The van der Waals surface area contributed by atoms with Crippen LogP contribution < -0.4 is 34.9 Å². The fraction of sp³-hybridized carbons (Fsp3) is 0.500. The molecule has 0 bridgehead atoms. The summed E-state index contributed by atoms with van der Waals surface area (Å²) < 4.78 is 0. The van der Waals surface area contributed by atoms with Gasteiger partial charge in [0, 0.05) is 6.54 Å². The minimum atomic E-state index is 0. The van der Waals surface area contributed by atoms with Gasteiger partial charge in [0.05, 0.1) is 0 Å². The molecule has 5 heteroatoms. The first-order valence-electron chi connectivity index (χ1n) is 2.17. The molecule has 44 valence electrons. The quantitative estimate of drug-likeness (QED) is 0.108. The number of amidine groups is 1. The van der Waals surface area contributed by atoms with Gasteiger partial charge in [-0.1, -0.05) is 0 Å². The number of hydrogen-bond acceptors (Lipinski definition) is 3. The van der Waals surface area contributed by atoms with Gasteiger partial charge < -0.3 is 17.9 Å². The van der Waals surface area contributed by atoms with Gasteiger partial charge in [-0.15, -0.1) is 0 Å². The Morgan fingerprint density at radius 2 is 2.44 bits per heavy atom. The Morgan fingerprint density at radius 3 is 2.78 bits per heavy atom. The Kier molecular flexibility index (Phi) is 10.8. The molecule has 0 rings (SSSR count). The molecule has 0 spiro atoms. The van der Waals surface area contributed by atoms with Crippen molar-refractivity contribution < 1.29 is 29.6 Å². The van der Waals surface area contributed by atoms with E-state index in [9.17, 15) is 0 Å². The predicted octanol–water partition coefficient (Wildman–Crippen LogP) is -3.02. The average Bonchev–Trinajstić information content (AvgIpc) is 1.68. The van der Waals surface area contributed by atoms with E-state index < -0.39 is 0 Å². The van der Waals surface area contributed by atoms with Crippen LogP contribution in [0.5, 0.6) is 0 Å². The Labute approximate surface area is 82.2 Å². The molecule has 0 amide bonds. The molecule has 3 nitrogen and oxygen atoms in total. The molecule has 0 heterocycles. The van der Waals surface area contributed by atoms with Crippen LogP contribution in [0.1, 0.15) is 6.92 Å². The summed E-state index contributed by atoms with van der Waals surface area (Å²) in [6.07, 6.45) is 1.67. The number of nitrogens with zero attached hydrogens (tertiary/aromatic N) is 2. The summed E-state index contributed by atoms with van der Waals surface area (Å²) in [6.45, 7) is 2.47. The molecule has 0 aliphatic heterocycles. The maximum atomic E-state index is 7.95. The van der Waals surface area contributed by atoms with Crippen LogP contribution in [-0.4, -0.2) is 11.7 Å². The summed E-state index contributed by atoms with van der Waals surface area (Å²) in [6, 6.07) is 0. The van der Waals surface area contributed by atoms with Crippen LogP contribution in [0.15, 0.2) is 4.99 Å². The van der Waals surface area contributed by atoms with Crippen molar-refractivity contribution in [3.63, 3.8) is 0 Å². The maximum absolute atomic E-state index is 7.95. The van der Waals surface area contributed by atoms with E-state index in [0.717, 1.165) is 0 Å². The maximum Gasteiger partial charge on any atom is 1.00 e. The number of aliphatic imine (C=N–C) groups is 1. The molecule has 0 aromatic rings. The van der Waals surface area contributed by atoms with Gasteiger partial charge in [0.1, 0.15) is 0 Å². The molecule has 0 unspecified atom stereocenters. The van der Waals surface area contributed by atoms with E-state index in [2.05, 4.69) is 22.9 Å². The first-order chi connectivity index (χ1) is 3.81. The van der Waals surface area contributed by atoms with E-state index in [1.807, 2.05) is 6.92 Å². The van der Waals surface area contributed by atoms with Crippen molar-refractivity contribution in [2.75, 3.05) is 6.54 Å². The van der Waals surface area contributed by atoms with Gasteiger partial charge in [-0.25, -0.2) is 0 Å². The zero-order valence-electron chi connectivity index (χ0n) is 5.51. The summed E-state index contributed by atoms with van der Waals surface area (Å²) in [5.41, 5.74) is 0. The zero-order valence-corrected chi connectivity index (χ0v) is 8.33. The second-order valence-electron chi connectivity index (χ2n) is 1.02. The number of nitriles is 1. The van der Waals surface area contributed by atoms with Crippen LogP contribution in [0.2, 0.25) is 0 Å². The average molecular weight is 151 g/mol. The molecule has 9 heavy (non-hydrogen) atoms. The number of hydrogen-bond donors (Lipinski definition) is 1. The summed E-state index contributed by atoms with van der Waals surface area (Å²) >= 11 is 4.55. The van der Waals surface area contributed by atoms with Gasteiger partial charge in [-0.05, 0) is 12.1 Å². The summed E-state index contributed by atoms with van der Waals surface area (Å²) in [4.78, 5) is 3.71. The number of nitrogens with one attached hydrogen (secondary N) is 1. The van der Waals surface area contributed by atoms with Crippen LogP contribution in [0.25, 0.3) is 0 Å². The van der Waals surface area contributed by atoms with Gasteiger partial charge in [-0.2, -0.15) is 5.26 Å². The fourth-order valence-electron chi connectivity index (χ4n) is 0.231. The van der Waals surface area contributed by atoms with Crippen molar-refractivity contribution in [1.82, 2.24) is 5.32 Å². The second-order valence-corrected chi connectivity index (χ2v) is 1.40. The van der Waals surface area contributed by atoms with Crippen molar-refractivity contribution in [2.45, 2.75) is 6.92 Å². The minimum absolute atomic E-state index is 0. The fourth-order valence-corrected chi connectivity index (χ4v) is 0.406. The molecule has 0 aliphatic carbocycles. The molecule has 0 radical (unpaired) electrons. The predicted molar refractivity (Wildman–Crippen MR) is 34.1 cm³/mol.